The fraction of sp³-hybridized carbons (Fsp3) is 0.455. The molecule has 2 nitrogen and oxygen atoms in total. The summed E-state index contributed by atoms with van der Waals surface area (Å²) in [7, 11) is 0. The molecule has 1 heterocycles. The van der Waals surface area contributed by atoms with Gasteiger partial charge in [-0.15, -0.1) is 0 Å². The van der Waals surface area contributed by atoms with Crippen molar-refractivity contribution in [1.82, 2.24) is 5.32 Å². The number of hydrogen-bond acceptors (Lipinski definition) is 2. The van der Waals surface area contributed by atoms with E-state index in [9.17, 15) is 8.78 Å². The number of nitrogens with one attached hydrogen (secondary N) is 1. The Bertz CT molecular complexity index is 382. The van der Waals surface area contributed by atoms with Gasteiger partial charge in [0, 0.05) is 4.47 Å². The van der Waals surface area contributed by atoms with E-state index in [2.05, 4.69) is 21.2 Å². The molecule has 1 fully saturated rings. The van der Waals surface area contributed by atoms with Gasteiger partial charge >= 0.3 is 0 Å². The van der Waals surface area contributed by atoms with Crippen molar-refractivity contribution in [2.24, 2.45) is 5.92 Å². The fourth-order valence-corrected chi connectivity index (χ4v) is 1.93. The molecule has 0 radical (unpaired) electrons. The third-order valence-electron chi connectivity index (χ3n) is 2.61. The standard InChI is InChI=1S/C11H12BrF2NO/c12-8-3-9(13)11(14)10(4-8)16-2-1-7-5-15-6-7/h3-4,7,15H,1-2,5-6H2. The van der Waals surface area contributed by atoms with Crippen LogP contribution in [0.4, 0.5) is 8.78 Å². The van der Waals surface area contributed by atoms with Crippen LogP contribution in [-0.2, 0) is 0 Å². The highest BCUT2D eigenvalue weighted by atomic mass is 79.9. The van der Waals surface area contributed by atoms with Crippen LogP contribution in [0.1, 0.15) is 6.42 Å². The molecule has 0 saturated carbocycles. The van der Waals surface area contributed by atoms with Gasteiger partial charge in [-0.05, 0) is 37.6 Å². The van der Waals surface area contributed by atoms with Crippen molar-refractivity contribution in [3.63, 3.8) is 0 Å². The summed E-state index contributed by atoms with van der Waals surface area (Å²) in [6, 6.07) is 2.52. The molecule has 5 heteroatoms. The minimum Gasteiger partial charge on any atom is -0.490 e. The Labute approximate surface area is 101 Å². The summed E-state index contributed by atoms with van der Waals surface area (Å²) in [6.45, 7) is 2.39. The predicted octanol–water partition coefficient (Wildman–Crippen LogP) is 2.72. The number of rotatable bonds is 4. The van der Waals surface area contributed by atoms with Crippen LogP contribution in [0.2, 0.25) is 0 Å². The molecular weight excluding hydrogens is 280 g/mol. The summed E-state index contributed by atoms with van der Waals surface area (Å²) in [5.41, 5.74) is 0. The molecule has 0 amide bonds. The van der Waals surface area contributed by atoms with Crippen LogP contribution >= 0.6 is 15.9 Å². The zero-order chi connectivity index (χ0) is 11.5. The lowest BCUT2D eigenvalue weighted by atomic mass is 10.0. The normalized spacial score (nSPS) is 15.9. The molecule has 0 bridgehead atoms. The molecule has 1 saturated heterocycles. The summed E-state index contributed by atoms with van der Waals surface area (Å²) < 4.78 is 32.0. The van der Waals surface area contributed by atoms with E-state index in [4.69, 9.17) is 4.74 Å². The van der Waals surface area contributed by atoms with E-state index in [1.54, 1.807) is 0 Å². The largest absolute Gasteiger partial charge is 0.490 e. The maximum absolute atomic E-state index is 13.3. The average molecular weight is 292 g/mol. The predicted molar refractivity (Wildman–Crippen MR) is 60.5 cm³/mol. The van der Waals surface area contributed by atoms with Gasteiger partial charge in [-0.2, -0.15) is 4.39 Å². The fourth-order valence-electron chi connectivity index (χ4n) is 1.53. The van der Waals surface area contributed by atoms with Crippen LogP contribution < -0.4 is 10.1 Å². The van der Waals surface area contributed by atoms with Crippen molar-refractivity contribution >= 4 is 15.9 Å². The second kappa shape index (κ2) is 5.10. The van der Waals surface area contributed by atoms with Crippen molar-refractivity contribution in [2.45, 2.75) is 6.42 Å². The average Bonchev–Trinajstić information content (AvgIpc) is 2.16. The van der Waals surface area contributed by atoms with Crippen molar-refractivity contribution in [3.8, 4) is 5.75 Å². The van der Waals surface area contributed by atoms with Gasteiger partial charge in [0.05, 0.1) is 6.61 Å². The zero-order valence-corrected chi connectivity index (χ0v) is 10.2. The van der Waals surface area contributed by atoms with Crippen LogP contribution in [0, 0.1) is 17.6 Å². The van der Waals surface area contributed by atoms with E-state index in [-0.39, 0.29) is 5.75 Å². The monoisotopic (exact) mass is 291 g/mol. The zero-order valence-electron chi connectivity index (χ0n) is 8.60. The van der Waals surface area contributed by atoms with Crippen LogP contribution in [0.5, 0.6) is 5.75 Å². The molecule has 0 spiro atoms. The first-order valence-corrected chi connectivity index (χ1v) is 5.94. The van der Waals surface area contributed by atoms with E-state index < -0.39 is 11.6 Å². The molecule has 0 aliphatic carbocycles. The quantitative estimate of drug-likeness (QED) is 0.862. The van der Waals surface area contributed by atoms with Crippen LogP contribution in [0.15, 0.2) is 16.6 Å². The number of benzene rings is 1. The van der Waals surface area contributed by atoms with Crippen molar-refractivity contribution in [3.05, 3.63) is 28.2 Å². The van der Waals surface area contributed by atoms with Gasteiger partial charge in [-0.3, -0.25) is 0 Å². The molecule has 1 aliphatic rings. The van der Waals surface area contributed by atoms with Gasteiger partial charge in [-0.1, -0.05) is 15.9 Å². The summed E-state index contributed by atoms with van der Waals surface area (Å²) in [4.78, 5) is 0. The lowest BCUT2D eigenvalue weighted by Gasteiger charge is -2.26. The van der Waals surface area contributed by atoms with E-state index in [0.29, 0.717) is 17.0 Å². The summed E-state index contributed by atoms with van der Waals surface area (Å²) in [5.74, 6) is -1.25. The molecule has 2 rings (SSSR count). The van der Waals surface area contributed by atoms with Crippen LogP contribution in [-0.4, -0.2) is 19.7 Å². The van der Waals surface area contributed by atoms with Gasteiger partial charge in [0.15, 0.2) is 11.6 Å². The third-order valence-corrected chi connectivity index (χ3v) is 3.07. The molecule has 1 aromatic rings. The highest BCUT2D eigenvalue weighted by Crippen LogP contribution is 2.25. The van der Waals surface area contributed by atoms with Gasteiger partial charge in [-0.25, -0.2) is 4.39 Å². The molecule has 16 heavy (non-hydrogen) atoms. The minimum atomic E-state index is -0.921. The van der Waals surface area contributed by atoms with E-state index in [1.165, 1.54) is 6.07 Å². The Hall–Kier alpha value is -0.680. The van der Waals surface area contributed by atoms with E-state index in [1.807, 2.05) is 0 Å². The maximum Gasteiger partial charge on any atom is 0.200 e. The summed E-state index contributed by atoms with van der Waals surface area (Å²) >= 11 is 3.10. The van der Waals surface area contributed by atoms with Crippen molar-refractivity contribution in [1.29, 1.82) is 0 Å². The lowest BCUT2D eigenvalue weighted by Crippen LogP contribution is -2.42. The molecule has 1 aliphatic heterocycles. The van der Waals surface area contributed by atoms with Gasteiger partial charge in [0.25, 0.3) is 0 Å². The number of halogens is 3. The first kappa shape index (κ1) is 11.8. The molecule has 88 valence electrons. The molecular formula is C11H12BrF2NO. The maximum atomic E-state index is 13.3. The van der Waals surface area contributed by atoms with Gasteiger partial charge < -0.3 is 10.1 Å². The van der Waals surface area contributed by atoms with Crippen molar-refractivity contribution in [2.75, 3.05) is 19.7 Å². The van der Waals surface area contributed by atoms with Crippen LogP contribution in [0.3, 0.4) is 0 Å². The van der Waals surface area contributed by atoms with E-state index in [0.717, 1.165) is 25.6 Å². The second-order valence-corrected chi connectivity index (χ2v) is 4.78. The highest BCUT2D eigenvalue weighted by Gasteiger charge is 2.17. The number of ether oxygens (including phenoxy) is 1. The first-order chi connectivity index (χ1) is 7.66. The Balaban J connectivity index is 1.92. The topological polar surface area (TPSA) is 21.3 Å². The molecule has 0 aromatic heterocycles. The first-order valence-electron chi connectivity index (χ1n) is 5.15. The highest BCUT2D eigenvalue weighted by molar-refractivity contribution is 9.10. The van der Waals surface area contributed by atoms with Gasteiger partial charge in [0.2, 0.25) is 5.82 Å². The summed E-state index contributed by atoms with van der Waals surface area (Å²) in [6.07, 6.45) is 0.862. The molecule has 0 atom stereocenters. The Morgan fingerprint density at radius 3 is 2.75 bits per heavy atom. The SMILES string of the molecule is Fc1cc(Br)cc(OCCC2CNC2)c1F. The second-order valence-electron chi connectivity index (χ2n) is 3.86. The lowest BCUT2D eigenvalue weighted by molar-refractivity contribution is 0.230. The minimum absolute atomic E-state index is 0.0286. The van der Waals surface area contributed by atoms with Crippen LogP contribution in [0.25, 0.3) is 0 Å². The third kappa shape index (κ3) is 2.71. The summed E-state index contributed by atoms with van der Waals surface area (Å²) in [5, 5.41) is 3.14. The molecule has 1 aromatic carbocycles. The Morgan fingerprint density at radius 2 is 2.12 bits per heavy atom. The van der Waals surface area contributed by atoms with Crippen molar-refractivity contribution < 1.29 is 13.5 Å². The number of hydrogen-bond donors (Lipinski definition) is 1. The van der Waals surface area contributed by atoms with Gasteiger partial charge in [0.1, 0.15) is 0 Å². The molecule has 0 unspecified atom stereocenters. The van der Waals surface area contributed by atoms with E-state index >= 15 is 0 Å². The Kier molecular flexibility index (Phi) is 3.76. The Morgan fingerprint density at radius 1 is 1.38 bits per heavy atom. The molecule has 1 N–H and O–H groups in total. The smallest absolute Gasteiger partial charge is 0.200 e.